The van der Waals surface area contributed by atoms with Crippen molar-refractivity contribution < 1.29 is 4.52 Å². The van der Waals surface area contributed by atoms with Crippen LogP contribution >= 0.6 is 11.8 Å². The van der Waals surface area contributed by atoms with E-state index < -0.39 is 0 Å². The van der Waals surface area contributed by atoms with E-state index in [0.717, 1.165) is 43.9 Å². The molecule has 0 spiro atoms. The van der Waals surface area contributed by atoms with Crippen molar-refractivity contribution in [1.29, 1.82) is 0 Å². The van der Waals surface area contributed by atoms with E-state index in [1.165, 1.54) is 11.8 Å². The summed E-state index contributed by atoms with van der Waals surface area (Å²) in [5, 5.41) is 5.58. The highest BCUT2D eigenvalue weighted by Gasteiger charge is 2.31. The van der Waals surface area contributed by atoms with Gasteiger partial charge in [0.15, 0.2) is 5.16 Å². The normalized spacial score (nSPS) is 18.0. The SMILES string of the molecule is CSc1ncc2cc(-c3noc(C4CC4)n3)c(=O)n(C3CCCC3)c2n1. The van der Waals surface area contributed by atoms with Crippen molar-refractivity contribution in [3.05, 3.63) is 28.5 Å². The molecule has 0 aromatic carbocycles. The first-order valence-electron chi connectivity index (χ1n) is 9.05. The maximum Gasteiger partial charge on any atom is 0.263 e. The molecule has 3 aromatic rings. The molecule has 26 heavy (non-hydrogen) atoms. The van der Waals surface area contributed by atoms with Crippen molar-refractivity contribution in [3.8, 4) is 11.4 Å². The van der Waals surface area contributed by atoms with Crippen molar-refractivity contribution >= 4 is 22.8 Å². The highest BCUT2D eigenvalue weighted by Crippen LogP contribution is 2.39. The van der Waals surface area contributed by atoms with E-state index in [1.807, 2.05) is 10.8 Å². The van der Waals surface area contributed by atoms with Crippen LogP contribution in [0, 0.1) is 0 Å². The number of nitrogens with zero attached hydrogens (tertiary/aromatic N) is 5. The van der Waals surface area contributed by atoms with Crippen LogP contribution in [0.2, 0.25) is 0 Å². The van der Waals surface area contributed by atoms with Gasteiger partial charge in [-0.05, 0) is 38.0 Å². The van der Waals surface area contributed by atoms with Crippen LogP contribution < -0.4 is 5.56 Å². The second-order valence-corrected chi connectivity index (χ2v) is 7.81. The lowest BCUT2D eigenvalue weighted by atomic mass is 10.1. The van der Waals surface area contributed by atoms with Crippen molar-refractivity contribution in [3.63, 3.8) is 0 Å². The summed E-state index contributed by atoms with van der Waals surface area (Å²) in [6.45, 7) is 0. The maximum absolute atomic E-state index is 13.3. The lowest BCUT2D eigenvalue weighted by Gasteiger charge is -2.17. The largest absolute Gasteiger partial charge is 0.339 e. The zero-order chi connectivity index (χ0) is 17.7. The fraction of sp³-hybridized carbons (Fsp3) is 0.500. The third-order valence-corrected chi connectivity index (χ3v) is 5.79. The fourth-order valence-electron chi connectivity index (χ4n) is 3.70. The third kappa shape index (κ3) is 2.63. The van der Waals surface area contributed by atoms with E-state index in [-0.39, 0.29) is 11.6 Å². The molecule has 0 unspecified atom stereocenters. The van der Waals surface area contributed by atoms with Gasteiger partial charge in [0.05, 0.1) is 5.56 Å². The Bertz CT molecular complexity index is 1030. The molecule has 0 radical (unpaired) electrons. The molecule has 3 heterocycles. The van der Waals surface area contributed by atoms with Crippen LogP contribution in [0.1, 0.15) is 56.4 Å². The average Bonchev–Trinajstić information content (AvgIpc) is 3.17. The lowest BCUT2D eigenvalue weighted by molar-refractivity contribution is 0.380. The van der Waals surface area contributed by atoms with Gasteiger partial charge in [0.1, 0.15) is 5.65 Å². The van der Waals surface area contributed by atoms with Gasteiger partial charge in [-0.2, -0.15) is 4.98 Å². The molecule has 0 amide bonds. The standard InChI is InChI=1S/C18H19N5O2S/c1-26-18-19-9-11-8-13(14-20-16(25-22-14)10-6-7-10)17(24)23(15(11)21-18)12-4-2-3-5-12/h8-10,12H,2-7H2,1H3. The maximum atomic E-state index is 13.3. The van der Waals surface area contributed by atoms with Crippen LogP contribution in [0.4, 0.5) is 0 Å². The van der Waals surface area contributed by atoms with Gasteiger partial charge >= 0.3 is 0 Å². The van der Waals surface area contributed by atoms with Gasteiger partial charge in [-0.3, -0.25) is 9.36 Å². The number of fused-ring (bicyclic) bond motifs is 1. The lowest BCUT2D eigenvalue weighted by Crippen LogP contribution is -2.26. The molecule has 7 nitrogen and oxygen atoms in total. The summed E-state index contributed by atoms with van der Waals surface area (Å²) in [5.74, 6) is 1.38. The Labute approximate surface area is 154 Å². The van der Waals surface area contributed by atoms with E-state index in [1.54, 1.807) is 12.3 Å². The molecule has 2 fully saturated rings. The number of thioether (sulfide) groups is 1. The first-order valence-corrected chi connectivity index (χ1v) is 10.3. The average molecular weight is 369 g/mol. The number of hydrogen-bond donors (Lipinski definition) is 0. The summed E-state index contributed by atoms with van der Waals surface area (Å²) in [6, 6.07) is 1.97. The summed E-state index contributed by atoms with van der Waals surface area (Å²) in [6.07, 6.45) is 10.1. The Morgan fingerprint density at radius 2 is 2.00 bits per heavy atom. The van der Waals surface area contributed by atoms with E-state index in [4.69, 9.17) is 4.52 Å². The molecule has 8 heteroatoms. The summed E-state index contributed by atoms with van der Waals surface area (Å²) >= 11 is 1.48. The molecule has 2 saturated carbocycles. The van der Waals surface area contributed by atoms with Crippen LogP contribution in [0.15, 0.2) is 26.7 Å². The summed E-state index contributed by atoms with van der Waals surface area (Å²) in [4.78, 5) is 26.8. The van der Waals surface area contributed by atoms with Gasteiger partial charge < -0.3 is 4.52 Å². The zero-order valence-corrected chi connectivity index (χ0v) is 15.3. The molecule has 0 bridgehead atoms. The smallest absolute Gasteiger partial charge is 0.263 e. The van der Waals surface area contributed by atoms with Crippen LogP contribution in [0.5, 0.6) is 0 Å². The van der Waals surface area contributed by atoms with Gasteiger partial charge in [0, 0.05) is 23.5 Å². The minimum Gasteiger partial charge on any atom is -0.339 e. The van der Waals surface area contributed by atoms with Crippen LogP contribution in [-0.2, 0) is 0 Å². The molecule has 134 valence electrons. The summed E-state index contributed by atoms with van der Waals surface area (Å²) in [7, 11) is 0. The van der Waals surface area contributed by atoms with Crippen molar-refractivity contribution in [2.45, 2.75) is 55.6 Å². The molecular formula is C18H19N5O2S. The topological polar surface area (TPSA) is 86.7 Å². The summed E-state index contributed by atoms with van der Waals surface area (Å²) in [5.41, 5.74) is 1.09. The molecule has 0 aliphatic heterocycles. The van der Waals surface area contributed by atoms with Gasteiger partial charge in [-0.15, -0.1) is 0 Å². The monoisotopic (exact) mass is 369 g/mol. The molecule has 2 aliphatic carbocycles. The number of rotatable bonds is 4. The molecule has 3 aromatic heterocycles. The van der Waals surface area contributed by atoms with Gasteiger partial charge in [-0.1, -0.05) is 29.8 Å². The van der Waals surface area contributed by atoms with E-state index in [0.29, 0.717) is 34.0 Å². The molecule has 0 atom stereocenters. The van der Waals surface area contributed by atoms with Crippen molar-refractivity contribution in [2.75, 3.05) is 6.26 Å². The van der Waals surface area contributed by atoms with E-state index >= 15 is 0 Å². The quantitative estimate of drug-likeness (QED) is 0.513. The van der Waals surface area contributed by atoms with E-state index in [2.05, 4.69) is 20.1 Å². The second-order valence-electron chi connectivity index (χ2n) is 7.04. The molecule has 0 saturated heterocycles. The Balaban J connectivity index is 1.73. The van der Waals surface area contributed by atoms with Gasteiger partial charge in [0.25, 0.3) is 5.56 Å². The molecule has 0 N–H and O–H groups in total. The number of hydrogen-bond acceptors (Lipinski definition) is 7. The zero-order valence-electron chi connectivity index (χ0n) is 14.5. The van der Waals surface area contributed by atoms with Crippen LogP contribution in [0.25, 0.3) is 22.4 Å². The minimum atomic E-state index is -0.0849. The number of pyridine rings is 1. The highest BCUT2D eigenvalue weighted by atomic mass is 32.2. The first-order chi connectivity index (χ1) is 12.7. The third-order valence-electron chi connectivity index (χ3n) is 5.23. The Hall–Kier alpha value is -2.22. The highest BCUT2D eigenvalue weighted by molar-refractivity contribution is 7.98. The predicted octanol–water partition coefficient (Wildman–Crippen LogP) is 3.56. The van der Waals surface area contributed by atoms with Crippen LogP contribution in [-0.4, -0.2) is 30.9 Å². The number of aromatic nitrogens is 5. The Kier molecular flexibility index (Phi) is 3.81. The van der Waals surface area contributed by atoms with Crippen LogP contribution in [0.3, 0.4) is 0 Å². The Morgan fingerprint density at radius 3 is 2.73 bits per heavy atom. The van der Waals surface area contributed by atoms with Gasteiger partial charge in [0.2, 0.25) is 11.7 Å². The minimum absolute atomic E-state index is 0.0849. The van der Waals surface area contributed by atoms with E-state index in [9.17, 15) is 4.79 Å². The van der Waals surface area contributed by atoms with Gasteiger partial charge in [-0.25, -0.2) is 9.97 Å². The molecule has 2 aliphatic rings. The van der Waals surface area contributed by atoms with Crippen molar-refractivity contribution in [2.24, 2.45) is 0 Å². The first kappa shape index (κ1) is 16.0. The second kappa shape index (κ2) is 6.19. The molecule has 5 rings (SSSR count). The predicted molar refractivity (Wildman–Crippen MR) is 98.4 cm³/mol. The summed E-state index contributed by atoms with van der Waals surface area (Å²) < 4.78 is 7.21. The fourth-order valence-corrected chi connectivity index (χ4v) is 4.04. The van der Waals surface area contributed by atoms with Crippen molar-refractivity contribution in [1.82, 2.24) is 24.7 Å². The molecular weight excluding hydrogens is 350 g/mol. The Morgan fingerprint density at radius 1 is 1.19 bits per heavy atom.